The predicted octanol–water partition coefficient (Wildman–Crippen LogP) is 2.06. The summed E-state index contributed by atoms with van der Waals surface area (Å²) in [5.74, 6) is -0.352. The number of aryl methyl sites for hydroxylation is 1. The largest absolute Gasteiger partial charge is 0.463 e. The van der Waals surface area contributed by atoms with Crippen LogP contribution in [-0.4, -0.2) is 22.5 Å². The number of aromatic nitrogens is 2. The van der Waals surface area contributed by atoms with Gasteiger partial charge in [-0.3, -0.25) is 4.98 Å². The van der Waals surface area contributed by atoms with Crippen LogP contribution in [0.4, 0.5) is 11.6 Å². The molecule has 7 nitrogen and oxygen atoms in total. The molecule has 1 atom stereocenters. The summed E-state index contributed by atoms with van der Waals surface area (Å²) in [5, 5.41) is 3.01. The van der Waals surface area contributed by atoms with Crippen molar-refractivity contribution < 1.29 is 9.53 Å². The number of nitrogens with one attached hydrogen (secondary N) is 2. The van der Waals surface area contributed by atoms with Crippen molar-refractivity contribution in [2.45, 2.75) is 26.7 Å². The number of fused-ring (bicyclic) bond motifs is 1. The number of rotatable bonds is 3. The molecule has 0 spiro atoms. The molecule has 1 aromatic carbocycles. The molecule has 0 aliphatic carbocycles. The van der Waals surface area contributed by atoms with E-state index in [1.54, 1.807) is 13.8 Å². The molecule has 3 rings (SSSR count). The average Bonchev–Trinajstić information content (AvgIpc) is 2.54. The maximum Gasteiger partial charge on any atom is 0.348 e. The Hall–Kier alpha value is -3.09. The van der Waals surface area contributed by atoms with Crippen molar-refractivity contribution in [2.24, 2.45) is 0 Å². The number of nitrogens with zero attached hydrogens (tertiary/aromatic N) is 1. The van der Waals surface area contributed by atoms with Crippen LogP contribution in [-0.2, 0) is 9.53 Å². The molecule has 4 N–H and O–H groups in total. The van der Waals surface area contributed by atoms with E-state index in [1.807, 2.05) is 31.2 Å². The van der Waals surface area contributed by atoms with Gasteiger partial charge in [-0.15, -0.1) is 0 Å². The van der Waals surface area contributed by atoms with Gasteiger partial charge in [-0.2, -0.15) is 4.98 Å². The van der Waals surface area contributed by atoms with E-state index in [-0.39, 0.29) is 12.4 Å². The number of carbonyl (C=O) groups is 1. The zero-order valence-electron chi connectivity index (χ0n) is 14.3. The van der Waals surface area contributed by atoms with E-state index >= 15 is 0 Å². The Morgan fingerprint density at radius 2 is 1.96 bits per heavy atom. The summed E-state index contributed by atoms with van der Waals surface area (Å²) in [7, 11) is 0. The van der Waals surface area contributed by atoms with Crippen LogP contribution >= 0.6 is 0 Å². The van der Waals surface area contributed by atoms with Gasteiger partial charge in [0.15, 0.2) is 0 Å². The van der Waals surface area contributed by atoms with E-state index in [4.69, 9.17) is 10.5 Å². The monoisotopic (exact) mass is 340 g/mol. The molecule has 7 heteroatoms. The molecule has 0 saturated carbocycles. The number of aromatic amines is 1. The number of H-pyrrole nitrogens is 1. The maximum absolute atomic E-state index is 12.6. The van der Waals surface area contributed by atoms with Gasteiger partial charge in [0.1, 0.15) is 11.6 Å². The lowest BCUT2D eigenvalue weighted by Gasteiger charge is -2.29. The molecule has 1 aromatic heterocycles. The fraction of sp³-hybridized carbons (Fsp3) is 0.278. The second kappa shape index (κ2) is 6.43. The number of carbonyl (C=O) groups excluding carboxylic acids is 1. The van der Waals surface area contributed by atoms with Crippen molar-refractivity contribution in [3.8, 4) is 0 Å². The van der Waals surface area contributed by atoms with Crippen molar-refractivity contribution >= 4 is 17.6 Å². The first-order chi connectivity index (χ1) is 11.9. The molecule has 2 aromatic rings. The molecule has 130 valence electrons. The van der Waals surface area contributed by atoms with Crippen molar-refractivity contribution in [1.82, 2.24) is 9.97 Å². The lowest BCUT2D eigenvalue weighted by atomic mass is 9.81. The van der Waals surface area contributed by atoms with E-state index in [1.165, 1.54) is 0 Å². The number of allylic oxidation sites excluding steroid dienone is 1. The predicted molar refractivity (Wildman–Crippen MR) is 95.2 cm³/mol. The highest BCUT2D eigenvalue weighted by molar-refractivity contribution is 5.95. The van der Waals surface area contributed by atoms with Crippen LogP contribution in [0.15, 0.2) is 40.3 Å². The Kier molecular flexibility index (Phi) is 4.31. The number of anilines is 2. The van der Waals surface area contributed by atoms with Gasteiger partial charge in [0.2, 0.25) is 0 Å². The summed E-state index contributed by atoms with van der Waals surface area (Å²) in [6.45, 7) is 5.77. The van der Waals surface area contributed by atoms with E-state index in [2.05, 4.69) is 15.3 Å². The number of hydrogen-bond acceptors (Lipinski definition) is 6. The van der Waals surface area contributed by atoms with E-state index < -0.39 is 17.6 Å². The van der Waals surface area contributed by atoms with Crippen LogP contribution in [0.5, 0.6) is 0 Å². The standard InChI is InChI=1S/C18H20N4O3/c1-4-25-17(23)12-10(3)20-16-14(15(19)21-18(24)22-16)13(12)11-7-5-9(2)6-8-11/h5-8,13H,4H2,1-3H3,(H4,19,20,21,22,24). The van der Waals surface area contributed by atoms with Crippen molar-refractivity contribution in [3.05, 3.63) is 62.7 Å². The van der Waals surface area contributed by atoms with Crippen molar-refractivity contribution in [2.75, 3.05) is 17.7 Å². The minimum absolute atomic E-state index is 0.183. The van der Waals surface area contributed by atoms with E-state index in [9.17, 15) is 9.59 Å². The molecule has 1 aliphatic heterocycles. The number of benzene rings is 1. The normalized spacial score (nSPS) is 16.2. The molecular formula is C18H20N4O3. The first-order valence-corrected chi connectivity index (χ1v) is 8.03. The SMILES string of the molecule is CCOC(=O)C1=C(C)Nc2nc(=O)[nH]c(N)c2C1c1ccc(C)cc1. The molecule has 25 heavy (non-hydrogen) atoms. The zero-order valence-corrected chi connectivity index (χ0v) is 14.3. The fourth-order valence-electron chi connectivity index (χ4n) is 3.07. The first-order valence-electron chi connectivity index (χ1n) is 8.03. The quantitative estimate of drug-likeness (QED) is 0.738. The van der Waals surface area contributed by atoms with Gasteiger partial charge in [0.05, 0.1) is 18.1 Å². The van der Waals surface area contributed by atoms with Crippen LogP contribution < -0.4 is 16.7 Å². The zero-order chi connectivity index (χ0) is 18.1. The first kappa shape index (κ1) is 16.8. The third kappa shape index (κ3) is 3.00. The molecule has 0 bridgehead atoms. The summed E-state index contributed by atoms with van der Waals surface area (Å²) >= 11 is 0. The third-order valence-electron chi connectivity index (χ3n) is 4.19. The van der Waals surface area contributed by atoms with Gasteiger partial charge in [-0.05, 0) is 26.3 Å². The van der Waals surface area contributed by atoms with Crippen molar-refractivity contribution in [3.63, 3.8) is 0 Å². The van der Waals surface area contributed by atoms with Crippen LogP contribution in [0.1, 0.15) is 36.5 Å². The summed E-state index contributed by atoms with van der Waals surface area (Å²) in [4.78, 5) is 30.8. The lowest BCUT2D eigenvalue weighted by molar-refractivity contribution is -0.138. The lowest BCUT2D eigenvalue weighted by Crippen LogP contribution is -2.29. The molecule has 0 fully saturated rings. The summed E-state index contributed by atoms with van der Waals surface area (Å²) in [5.41, 5.74) is 9.12. The number of nitrogen functional groups attached to an aromatic ring is 1. The number of hydrogen-bond donors (Lipinski definition) is 3. The molecule has 0 saturated heterocycles. The van der Waals surface area contributed by atoms with Crippen LogP contribution in [0.2, 0.25) is 0 Å². The maximum atomic E-state index is 12.6. The van der Waals surface area contributed by atoms with Crippen LogP contribution in [0, 0.1) is 6.92 Å². The second-order valence-corrected chi connectivity index (χ2v) is 5.95. The molecular weight excluding hydrogens is 320 g/mol. The summed E-state index contributed by atoms with van der Waals surface area (Å²) in [6.07, 6.45) is 0. The van der Waals surface area contributed by atoms with Gasteiger partial charge in [0.25, 0.3) is 0 Å². The van der Waals surface area contributed by atoms with Gasteiger partial charge in [-0.1, -0.05) is 29.8 Å². The molecule has 1 unspecified atom stereocenters. The van der Waals surface area contributed by atoms with Gasteiger partial charge < -0.3 is 15.8 Å². The molecule has 1 aliphatic rings. The Morgan fingerprint density at radius 1 is 1.28 bits per heavy atom. The Bertz CT molecular complexity index is 913. The Balaban J connectivity index is 2.26. The van der Waals surface area contributed by atoms with Gasteiger partial charge in [0, 0.05) is 11.3 Å². The summed E-state index contributed by atoms with van der Waals surface area (Å²) < 4.78 is 5.24. The Labute approximate surface area is 144 Å². The number of nitrogens with two attached hydrogens (primary N) is 1. The molecule has 0 radical (unpaired) electrons. The van der Waals surface area contributed by atoms with Gasteiger partial charge >= 0.3 is 11.7 Å². The second-order valence-electron chi connectivity index (χ2n) is 5.95. The smallest absolute Gasteiger partial charge is 0.348 e. The highest BCUT2D eigenvalue weighted by Gasteiger charge is 2.35. The summed E-state index contributed by atoms with van der Waals surface area (Å²) in [6, 6.07) is 7.80. The Morgan fingerprint density at radius 3 is 2.60 bits per heavy atom. The average molecular weight is 340 g/mol. The highest BCUT2D eigenvalue weighted by Crippen LogP contribution is 2.42. The molecule has 0 amide bonds. The van der Waals surface area contributed by atoms with Crippen LogP contribution in [0.3, 0.4) is 0 Å². The minimum atomic E-state index is -0.543. The highest BCUT2D eigenvalue weighted by atomic mass is 16.5. The van der Waals surface area contributed by atoms with E-state index in [0.717, 1.165) is 11.1 Å². The minimum Gasteiger partial charge on any atom is -0.463 e. The third-order valence-corrected chi connectivity index (χ3v) is 4.19. The van der Waals surface area contributed by atoms with Crippen molar-refractivity contribution in [1.29, 1.82) is 0 Å². The number of ether oxygens (including phenoxy) is 1. The van der Waals surface area contributed by atoms with Gasteiger partial charge in [-0.25, -0.2) is 9.59 Å². The number of esters is 1. The molecule has 2 heterocycles. The van der Waals surface area contributed by atoms with E-state index in [0.29, 0.717) is 22.7 Å². The fourth-order valence-corrected chi connectivity index (χ4v) is 3.07. The van der Waals surface area contributed by atoms with Crippen LogP contribution in [0.25, 0.3) is 0 Å². The topological polar surface area (TPSA) is 110 Å².